The molecule has 0 amide bonds. The molecule has 5 heteroatoms. The zero-order valence-corrected chi connectivity index (χ0v) is 10.0. The Kier molecular flexibility index (Phi) is 3.03. The summed E-state index contributed by atoms with van der Waals surface area (Å²) in [6.07, 6.45) is 6.44. The summed E-state index contributed by atoms with van der Waals surface area (Å²) in [6.45, 7) is 2.38. The van der Waals surface area contributed by atoms with Crippen LogP contribution in [0.15, 0.2) is 6.33 Å². The van der Waals surface area contributed by atoms with Gasteiger partial charge in [0.05, 0.1) is 24.7 Å². The van der Waals surface area contributed by atoms with E-state index in [0.717, 1.165) is 31.7 Å². The first kappa shape index (κ1) is 11.0. The van der Waals surface area contributed by atoms with Gasteiger partial charge in [-0.2, -0.15) is 0 Å². The Hall–Kier alpha value is -1.07. The van der Waals surface area contributed by atoms with E-state index in [-0.39, 0.29) is 12.6 Å². The molecule has 5 nitrogen and oxygen atoms in total. The van der Waals surface area contributed by atoms with Gasteiger partial charge in [0.15, 0.2) is 0 Å². The van der Waals surface area contributed by atoms with Gasteiger partial charge >= 0.3 is 0 Å². The Morgan fingerprint density at radius 3 is 3.18 bits per heavy atom. The minimum atomic E-state index is 0.176. The van der Waals surface area contributed by atoms with E-state index >= 15 is 0 Å². The summed E-state index contributed by atoms with van der Waals surface area (Å²) >= 11 is 0. The molecule has 2 unspecified atom stereocenters. The van der Waals surface area contributed by atoms with Crippen molar-refractivity contribution >= 4 is 5.82 Å². The molecule has 3 N–H and O–H groups in total. The van der Waals surface area contributed by atoms with E-state index in [2.05, 4.69) is 20.2 Å². The highest BCUT2D eigenvalue weighted by atomic mass is 16.3. The number of aliphatic hydroxyl groups is 1. The molecular formula is C12H20N4O. The zero-order valence-electron chi connectivity index (χ0n) is 10.0. The summed E-state index contributed by atoms with van der Waals surface area (Å²) in [6, 6.07) is 0.725. The van der Waals surface area contributed by atoms with Crippen LogP contribution < -0.4 is 10.6 Å². The van der Waals surface area contributed by atoms with Gasteiger partial charge in [-0.3, -0.25) is 0 Å². The van der Waals surface area contributed by atoms with E-state index in [1.807, 2.05) is 6.33 Å². The second kappa shape index (κ2) is 4.66. The molecule has 0 aliphatic carbocycles. The minimum Gasteiger partial charge on any atom is -0.394 e. The highest BCUT2D eigenvalue weighted by molar-refractivity contribution is 5.44. The molecule has 0 aromatic carbocycles. The fourth-order valence-corrected chi connectivity index (χ4v) is 2.85. The summed E-state index contributed by atoms with van der Waals surface area (Å²) in [4.78, 5) is 4.44. The quantitative estimate of drug-likeness (QED) is 0.701. The average Bonchev–Trinajstić information content (AvgIpc) is 2.82. The van der Waals surface area contributed by atoms with Crippen molar-refractivity contribution in [1.82, 2.24) is 14.9 Å². The molecule has 0 bridgehead atoms. The third-order valence-corrected chi connectivity index (χ3v) is 3.85. The lowest BCUT2D eigenvalue weighted by Crippen LogP contribution is -2.34. The van der Waals surface area contributed by atoms with Crippen LogP contribution in [0.5, 0.6) is 0 Å². The van der Waals surface area contributed by atoms with Crippen LogP contribution in [-0.4, -0.2) is 40.4 Å². The van der Waals surface area contributed by atoms with Gasteiger partial charge in [-0.05, 0) is 32.2 Å². The van der Waals surface area contributed by atoms with Crippen molar-refractivity contribution in [2.24, 2.45) is 0 Å². The summed E-state index contributed by atoms with van der Waals surface area (Å²) < 4.78 is 2.32. The van der Waals surface area contributed by atoms with Crippen molar-refractivity contribution in [3.63, 3.8) is 0 Å². The van der Waals surface area contributed by atoms with Gasteiger partial charge in [0, 0.05) is 12.6 Å². The molecule has 94 valence electrons. The van der Waals surface area contributed by atoms with E-state index in [9.17, 15) is 0 Å². The number of hydrogen-bond acceptors (Lipinski definition) is 4. The second-order valence-electron chi connectivity index (χ2n) is 5.01. The van der Waals surface area contributed by atoms with E-state index in [4.69, 9.17) is 5.11 Å². The first-order valence-corrected chi connectivity index (χ1v) is 6.52. The van der Waals surface area contributed by atoms with E-state index < -0.39 is 0 Å². The Bertz CT molecular complexity index is 384. The lowest BCUT2D eigenvalue weighted by molar-refractivity contribution is 0.265. The smallest absolute Gasteiger partial charge is 0.147 e. The molecule has 17 heavy (non-hydrogen) atoms. The summed E-state index contributed by atoms with van der Waals surface area (Å²) in [5.74, 6) is 0.973. The van der Waals surface area contributed by atoms with Crippen LogP contribution >= 0.6 is 0 Å². The van der Waals surface area contributed by atoms with Gasteiger partial charge in [-0.1, -0.05) is 0 Å². The highest BCUT2D eigenvalue weighted by Gasteiger charge is 2.25. The molecule has 0 spiro atoms. The number of imidazole rings is 1. The standard InChI is InChI=1S/C12H20N4O/c17-7-9-3-4-11-12(15-9)14-8-16(11)10-2-1-5-13-6-10/h8-10,13,15,17H,1-7H2. The van der Waals surface area contributed by atoms with Gasteiger partial charge in [0.25, 0.3) is 0 Å². The predicted molar refractivity (Wildman–Crippen MR) is 66.2 cm³/mol. The number of fused-ring (bicyclic) bond motifs is 1. The summed E-state index contributed by atoms with van der Waals surface area (Å²) in [7, 11) is 0. The van der Waals surface area contributed by atoms with Crippen molar-refractivity contribution < 1.29 is 5.11 Å². The average molecular weight is 236 g/mol. The summed E-state index contributed by atoms with van der Waals surface area (Å²) in [5.41, 5.74) is 1.31. The Balaban J connectivity index is 1.80. The van der Waals surface area contributed by atoms with E-state index in [1.54, 1.807) is 0 Å². The molecule has 2 aliphatic rings. The Morgan fingerprint density at radius 1 is 1.47 bits per heavy atom. The molecule has 1 aromatic rings. The first-order chi connectivity index (χ1) is 8.38. The van der Waals surface area contributed by atoms with Crippen LogP contribution in [0.25, 0.3) is 0 Å². The topological polar surface area (TPSA) is 62.1 Å². The normalized spacial score (nSPS) is 28.5. The highest BCUT2D eigenvalue weighted by Crippen LogP contribution is 2.28. The van der Waals surface area contributed by atoms with Crippen molar-refractivity contribution in [3.8, 4) is 0 Å². The minimum absolute atomic E-state index is 0.176. The van der Waals surface area contributed by atoms with Crippen LogP contribution in [0.3, 0.4) is 0 Å². The largest absolute Gasteiger partial charge is 0.394 e. The van der Waals surface area contributed by atoms with Crippen molar-refractivity contribution in [1.29, 1.82) is 0 Å². The molecule has 3 rings (SSSR count). The monoisotopic (exact) mass is 236 g/mol. The lowest BCUT2D eigenvalue weighted by atomic mass is 10.0. The van der Waals surface area contributed by atoms with E-state index in [0.29, 0.717) is 6.04 Å². The van der Waals surface area contributed by atoms with E-state index in [1.165, 1.54) is 18.5 Å². The molecule has 1 saturated heterocycles. The predicted octanol–water partition coefficient (Wildman–Crippen LogP) is 0.527. The third-order valence-electron chi connectivity index (χ3n) is 3.85. The third kappa shape index (κ3) is 2.05. The maximum atomic E-state index is 9.17. The molecule has 2 atom stereocenters. The van der Waals surface area contributed by atoms with Crippen molar-refractivity contribution in [2.75, 3.05) is 25.0 Å². The number of nitrogens with one attached hydrogen (secondary N) is 2. The van der Waals surface area contributed by atoms with Crippen molar-refractivity contribution in [2.45, 2.75) is 37.8 Å². The molecule has 3 heterocycles. The van der Waals surface area contributed by atoms with Gasteiger partial charge in [-0.25, -0.2) is 4.98 Å². The van der Waals surface area contributed by atoms with Gasteiger partial charge < -0.3 is 20.3 Å². The molecule has 1 fully saturated rings. The molecule has 1 aromatic heterocycles. The van der Waals surface area contributed by atoms with Crippen LogP contribution in [0.4, 0.5) is 5.82 Å². The number of hydrogen-bond donors (Lipinski definition) is 3. The van der Waals surface area contributed by atoms with Gasteiger partial charge in [0.1, 0.15) is 5.82 Å². The van der Waals surface area contributed by atoms with Crippen LogP contribution in [0.1, 0.15) is 31.0 Å². The molecule has 0 radical (unpaired) electrons. The molecule has 2 aliphatic heterocycles. The maximum Gasteiger partial charge on any atom is 0.147 e. The summed E-state index contributed by atoms with van der Waals surface area (Å²) in [5, 5.41) is 15.9. The zero-order chi connectivity index (χ0) is 11.7. The number of aliphatic hydroxyl groups excluding tert-OH is 1. The number of anilines is 1. The van der Waals surface area contributed by atoms with Crippen LogP contribution in [0.2, 0.25) is 0 Å². The second-order valence-corrected chi connectivity index (χ2v) is 5.01. The Morgan fingerprint density at radius 2 is 2.41 bits per heavy atom. The number of aromatic nitrogens is 2. The fraction of sp³-hybridized carbons (Fsp3) is 0.750. The van der Waals surface area contributed by atoms with Gasteiger partial charge in [-0.15, -0.1) is 0 Å². The first-order valence-electron chi connectivity index (χ1n) is 6.52. The molecular weight excluding hydrogens is 216 g/mol. The van der Waals surface area contributed by atoms with Crippen molar-refractivity contribution in [3.05, 3.63) is 12.0 Å². The SMILES string of the molecule is OCC1CCc2c(ncn2C2CCCNC2)N1. The number of piperidine rings is 1. The fourth-order valence-electron chi connectivity index (χ4n) is 2.85. The van der Waals surface area contributed by atoms with Crippen LogP contribution in [-0.2, 0) is 6.42 Å². The lowest BCUT2D eigenvalue weighted by Gasteiger charge is -2.28. The maximum absolute atomic E-state index is 9.17. The van der Waals surface area contributed by atoms with Crippen LogP contribution in [0, 0.1) is 0 Å². The number of nitrogens with zero attached hydrogens (tertiary/aromatic N) is 2. The Labute approximate surface area is 101 Å². The van der Waals surface area contributed by atoms with Gasteiger partial charge in [0.2, 0.25) is 0 Å². The molecule has 0 saturated carbocycles. The number of rotatable bonds is 2.